The monoisotopic (exact) mass is 506 g/mol. The maximum Gasteiger partial charge on any atom is 0.165 e. The van der Waals surface area contributed by atoms with Crippen LogP contribution in [-0.4, -0.2) is 21.1 Å². The van der Waals surface area contributed by atoms with Gasteiger partial charge < -0.3 is 9.55 Å². The molecule has 2 heterocycles. The number of carbonyl (C=O) groups is 2. The summed E-state index contributed by atoms with van der Waals surface area (Å²) in [5.41, 5.74) is 9.72. The fourth-order valence-electron chi connectivity index (χ4n) is 6.01. The molecule has 0 radical (unpaired) electrons. The van der Waals surface area contributed by atoms with Crippen molar-refractivity contribution in [1.29, 1.82) is 0 Å². The highest BCUT2D eigenvalue weighted by Gasteiger charge is 2.26. The van der Waals surface area contributed by atoms with Crippen molar-refractivity contribution in [3.05, 3.63) is 106 Å². The molecule has 7 rings (SSSR count). The summed E-state index contributed by atoms with van der Waals surface area (Å²) in [5.74, 6) is 0.326. The smallest absolute Gasteiger partial charge is 0.165 e. The molecule has 0 fully saturated rings. The molecule has 0 amide bonds. The van der Waals surface area contributed by atoms with Crippen molar-refractivity contribution in [1.82, 2.24) is 9.55 Å². The first-order chi connectivity index (χ1) is 18.4. The topological polar surface area (TPSA) is 54.9 Å². The van der Waals surface area contributed by atoms with Gasteiger partial charge in [0.25, 0.3) is 0 Å². The summed E-state index contributed by atoms with van der Waals surface area (Å²) in [6, 6.07) is 19.1. The number of fused-ring (bicyclic) bond motifs is 6. The lowest BCUT2D eigenvalue weighted by molar-refractivity contribution is 0.0965. The Bertz CT molecular complexity index is 1710. The van der Waals surface area contributed by atoms with E-state index in [1.54, 1.807) is 0 Å². The van der Waals surface area contributed by atoms with E-state index in [0.29, 0.717) is 25.2 Å². The second-order valence-corrected chi connectivity index (χ2v) is 10.6. The molecule has 0 spiro atoms. The molecular formula is C33H31FN2O2. The summed E-state index contributed by atoms with van der Waals surface area (Å²) in [7, 11) is 0. The largest absolute Gasteiger partial charge is 0.358 e. The summed E-state index contributed by atoms with van der Waals surface area (Å²) in [5, 5.41) is 2.17. The summed E-state index contributed by atoms with van der Waals surface area (Å²) < 4.78 is 15.4. The van der Waals surface area contributed by atoms with E-state index >= 15 is 0 Å². The van der Waals surface area contributed by atoms with Crippen LogP contribution in [0, 0.1) is 19.7 Å². The number of rotatable bonds is 2. The van der Waals surface area contributed by atoms with Crippen molar-refractivity contribution < 1.29 is 14.0 Å². The molecule has 2 aromatic heterocycles. The maximum absolute atomic E-state index is 13.1. The first-order valence-corrected chi connectivity index (χ1v) is 13.4. The molecular weight excluding hydrogens is 475 g/mol. The molecule has 2 aliphatic rings. The van der Waals surface area contributed by atoms with Crippen LogP contribution in [0.5, 0.6) is 0 Å². The number of Topliss-reactive ketones (excluding diaryl/α,β-unsaturated/α-hetero) is 2. The highest BCUT2D eigenvalue weighted by atomic mass is 19.1. The van der Waals surface area contributed by atoms with Crippen LogP contribution >= 0.6 is 0 Å². The summed E-state index contributed by atoms with van der Waals surface area (Å²) in [6.07, 6.45) is 5.16. The summed E-state index contributed by atoms with van der Waals surface area (Å²) in [6.45, 7) is 4.78. The Balaban J connectivity index is 0.000000152. The molecule has 2 aliphatic carbocycles. The van der Waals surface area contributed by atoms with E-state index in [4.69, 9.17) is 0 Å². The van der Waals surface area contributed by atoms with Gasteiger partial charge in [-0.25, -0.2) is 4.39 Å². The van der Waals surface area contributed by atoms with Crippen molar-refractivity contribution >= 4 is 33.4 Å². The summed E-state index contributed by atoms with van der Waals surface area (Å²) >= 11 is 0. The number of aromatic nitrogens is 2. The Labute approximate surface area is 221 Å². The Morgan fingerprint density at radius 3 is 2.18 bits per heavy atom. The molecule has 0 unspecified atom stereocenters. The van der Waals surface area contributed by atoms with Crippen LogP contribution in [0.25, 0.3) is 21.8 Å². The van der Waals surface area contributed by atoms with Gasteiger partial charge in [-0.05, 0) is 81.5 Å². The van der Waals surface area contributed by atoms with Gasteiger partial charge in [0.2, 0.25) is 0 Å². The van der Waals surface area contributed by atoms with Crippen LogP contribution in [0.2, 0.25) is 0 Å². The third-order valence-corrected chi connectivity index (χ3v) is 7.82. The minimum Gasteiger partial charge on any atom is -0.358 e. The molecule has 3 aromatic carbocycles. The van der Waals surface area contributed by atoms with E-state index in [1.807, 2.05) is 12.1 Å². The van der Waals surface area contributed by atoms with Gasteiger partial charge in [-0.2, -0.15) is 0 Å². The third kappa shape index (κ3) is 4.36. The van der Waals surface area contributed by atoms with E-state index in [1.165, 1.54) is 17.7 Å². The molecule has 0 aliphatic heterocycles. The van der Waals surface area contributed by atoms with Crippen LogP contribution in [0.4, 0.5) is 4.39 Å². The normalized spacial score (nSPS) is 14.8. The maximum atomic E-state index is 13.1. The highest BCUT2D eigenvalue weighted by Crippen LogP contribution is 2.33. The van der Waals surface area contributed by atoms with Gasteiger partial charge >= 0.3 is 0 Å². The predicted octanol–water partition coefficient (Wildman–Crippen LogP) is 7.65. The first-order valence-electron chi connectivity index (χ1n) is 13.4. The average molecular weight is 507 g/mol. The van der Waals surface area contributed by atoms with Crippen molar-refractivity contribution in [3.8, 4) is 0 Å². The number of hydrogen-bond donors (Lipinski definition) is 1. The lowest BCUT2D eigenvalue weighted by atomic mass is 9.94. The number of H-pyrrole nitrogens is 1. The Kier molecular flexibility index (Phi) is 6.22. The molecule has 0 bridgehead atoms. The quantitative estimate of drug-likeness (QED) is 0.267. The number of aromatic amines is 1. The molecule has 0 saturated heterocycles. The number of nitrogens with zero attached hydrogens (tertiary/aromatic N) is 1. The molecule has 0 saturated carbocycles. The number of hydrogen-bond acceptors (Lipinski definition) is 2. The van der Waals surface area contributed by atoms with Gasteiger partial charge in [0, 0.05) is 63.7 Å². The number of carbonyl (C=O) groups excluding carboxylic acids is 2. The summed E-state index contributed by atoms with van der Waals surface area (Å²) in [4.78, 5) is 27.7. The minimum absolute atomic E-state index is 0.223. The SMILES string of the molecule is Cc1ccc2[nH]c3c(c2c1)C(=O)CCC3.Cc1ccc2c(c1)c1c(n2Cc2ccc(F)cc2)CCCC1=O. The van der Waals surface area contributed by atoms with E-state index in [2.05, 4.69) is 59.8 Å². The second kappa shape index (κ2) is 9.71. The molecule has 5 heteroatoms. The Hall–Kier alpha value is -3.99. The van der Waals surface area contributed by atoms with Gasteiger partial charge in [0.15, 0.2) is 11.6 Å². The van der Waals surface area contributed by atoms with Crippen LogP contribution in [0.15, 0.2) is 60.7 Å². The zero-order chi connectivity index (χ0) is 26.4. The predicted molar refractivity (Wildman–Crippen MR) is 150 cm³/mol. The standard InChI is InChI=1S/C20H18FNO.C13H13NO/c1-13-5-10-17-16(11-13)20-18(3-2-4-19(20)23)22(17)12-14-6-8-15(21)9-7-14;1-8-5-6-10-9(7-8)13-11(14-10)3-2-4-12(13)15/h5-11H,2-4,12H2,1H3;5-7,14H,2-4H2,1H3. The van der Waals surface area contributed by atoms with Crippen LogP contribution in [0.3, 0.4) is 0 Å². The number of aryl methyl sites for hydroxylation is 3. The van der Waals surface area contributed by atoms with Gasteiger partial charge in [0.1, 0.15) is 5.82 Å². The van der Waals surface area contributed by atoms with Gasteiger partial charge in [-0.3, -0.25) is 9.59 Å². The average Bonchev–Trinajstić information content (AvgIpc) is 3.42. The highest BCUT2D eigenvalue weighted by molar-refractivity contribution is 6.11. The molecule has 5 aromatic rings. The first kappa shape index (κ1) is 24.4. The fourth-order valence-corrected chi connectivity index (χ4v) is 6.01. The van der Waals surface area contributed by atoms with Gasteiger partial charge in [-0.1, -0.05) is 35.4 Å². The zero-order valence-electron chi connectivity index (χ0n) is 21.9. The molecule has 1 N–H and O–H groups in total. The van der Waals surface area contributed by atoms with Crippen molar-refractivity contribution in [3.63, 3.8) is 0 Å². The molecule has 0 atom stereocenters. The van der Waals surface area contributed by atoms with Crippen LogP contribution in [0.1, 0.15) is 74.5 Å². The fraction of sp³-hybridized carbons (Fsp3) is 0.273. The van der Waals surface area contributed by atoms with Crippen LogP contribution in [-0.2, 0) is 19.4 Å². The number of nitrogens with one attached hydrogen (secondary N) is 1. The third-order valence-electron chi connectivity index (χ3n) is 7.82. The van der Waals surface area contributed by atoms with E-state index < -0.39 is 0 Å². The van der Waals surface area contributed by atoms with Gasteiger partial charge in [0.05, 0.1) is 0 Å². The lowest BCUT2D eigenvalue weighted by Gasteiger charge is -2.15. The number of halogens is 1. The number of benzene rings is 3. The van der Waals surface area contributed by atoms with Crippen molar-refractivity contribution in [2.75, 3.05) is 0 Å². The molecule has 38 heavy (non-hydrogen) atoms. The van der Waals surface area contributed by atoms with E-state index in [0.717, 1.165) is 81.1 Å². The second-order valence-electron chi connectivity index (χ2n) is 10.6. The van der Waals surface area contributed by atoms with E-state index in [9.17, 15) is 14.0 Å². The minimum atomic E-state index is -0.223. The molecule has 4 nitrogen and oxygen atoms in total. The Morgan fingerprint density at radius 1 is 0.763 bits per heavy atom. The van der Waals surface area contributed by atoms with Gasteiger partial charge in [-0.15, -0.1) is 0 Å². The van der Waals surface area contributed by atoms with Crippen molar-refractivity contribution in [2.45, 2.75) is 58.9 Å². The lowest BCUT2D eigenvalue weighted by Crippen LogP contribution is -2.13. The number of ketones is 2. The van der Waals surface area contributed by atoms with E-state index in [-0.39, 0.29) is 11.6 Å². The Morgan fingerprint density at radius 2 is 1.42 bits per heavy atom. The van der Waals surface area contributed by atoms with Crippen molar-refractivity contribution in [2.24, 2.45) is 0 Å². The molecule has 192 valence electrons. The van der Waals surface area contributed by atoms with Crippen LogP contribution < -0.4 is 0 Å². The zero-order valence-corrected chi connectivity index (χ0v) is 21.9.